The molecule has 1 heterocycles. The van der Waals surface area contributed by atoms with Gasteiger partial charge in [-0.1, -0.05) is 0 Å². The molecule has 2 fully saturated rings. The lowest BCUT2D eigenvalue weighted by Gasteiger charge is -2.12. The number of hydrogen-bond donors (Lipinski definition) is 2. The van der Waals surface area contributed by atoms with E-state index in [0.717, 1.165) is 6.42 Å². The van der Waals surface area contributed by atoms with Gasteiger partial charge in [0, 0.05) is 6.54 Å². The van der Waals surface area contributed by atoms with Gasteiger partial charge in [0.1, 0.15) is 6.23 Å². The average molecular weight is 157 g/mol. The summed E-state index contributed by atoms with van der Waals surface area (Å²) in [5.74, 6) is 0. The van der Waals surface area contributed by atoms with Crippen LogP contribution in [-0.2, 0) is 4.74 Å². The highest BCUT2D eigenvalue weighted by Crippen LogP contribution is 2.48. The summed E-state index contributed by atoms with van der Waals surface area (Å²) >= 11 is 0. The van der Waals surface area contributed by atoms with Crippen LogP contribution in [0.3, 0.4) is 0 Å². The summed E-state index contributed by atoms with van der Waals surface area (Å²) in [5, 5.41) is 11.7. The second-order valence-electron chi connectivity index (χ2n) is 3.51. The van der Waals surface area contributed by atoms with Crippen molar-refractivity contribution in [2.24, 2.45) is 0 Å². The third-order valence-corrected chi connectivity index (χ3v) is 2.55. The van der Waals surface area contributed by atoms with Crippen molar-refractivity contribution in [3.63, 3.8) is 0 Å². The molecule has 2 rings (SSSR count). The molecule has 1 atom stereocenters. The summed E-state index contributed by atoms with van der Waals surface area (Å²) in [4.78, 5) is 0. The number of aliphatic hydroxyl groups is 1. The summed E-state index contributed by atoms with van der Waals surface area (Å²) in [7, 11) is 0. The number of hydrogen-bond acceptors (Lipinski definition) is 3. The second-order valence-corrected chi connectivity index (χ2v) is 3.51. The minimum atomic E-state index is 0.201. The fraction of sp³-hybridized carbons (Fsp3) is 1.00. The van der Waals surface area contributed by atoms with Crippen LogP contribution in [0.4, 0.5) is 0 Å². The third kappa shape index (κ3) is 1.55. The minimum absolute atomic E-state index is 0.201. The van der Waals surface area contributed by atoms with E-state index in [4.69, 9.17) is 9.84 Å². The van der Waals surface area contributed by atoms with E-state index in [0.29, 0.717) is 6.54 Å². The molecule has 1 saturated heterocycles. The van der Waals surface area contributed by atoms with Crippen molar-refractivity contribution in [3.05, 3.63) is 0 Å². The van der Waals surface area contributed by atoms with E-state index in [1.54, 1.807) is 0 Å². The Labute approximate surface area is 66.7 Å². The van der Waals surface area contributed by atoms with Crippen molar-refractivity contribution in [2.45, 2.75) is 37.5 Å². The van der Waals surface area contributed by atoms with E-state index < -0.39 is 0 Å². The normalized spacial score (nSPS) is 33.0. The fourth-order valence-corrected chi connectivity index (χ4v) is 1.69. The van der Waals surface area contributed by atoms with Crippen molar-refractivity contribution in [1.82, 2.24) is 5.32 Å². The first-order chi connectivity index (χ1) is 5.35. The Hall–Kier alpha value is -0.120. The molecule has 2 aliphatic rings. The number of aliphatic hydroxyl groups excluding tert-OH is 1. The lowest BCUT2D eigenvalue weighted by molar-refractivity contribution is 0.00809. The van der Waals surface area contributed by atoms with Gasteiger partial charge >= 0.3 is 0 Å². The molecule has 1 spiro atoms. The molecule has 0 bridgehead atoms. The van der Waals surface area contributed by atoms with Crippen LogP contribution in [0.1, 0.15) is 25.7 Å². The standard InChI is InChI=1S/C8H15NO2/c10-6-5-9-7-1-2-8(11-7)3-4-8/h7,9-10H,1-6H2. The van der Waals surface area contributed by atoms with Gasteiger partial charge in [-0.25, -0.2) is 0 Å². The lowest BCUT2D eigenvalue weighted by Crippen LogP contribution is -2.31. The summed E-state index contributed by atoms with van der Waals surface area (Å²) in [5.41, 5.74) is 0.271. The van der Waals surface area contributed by atoms with Crippen LogP contribution in [-0.4, -0.2) is 30.1 Å². The van der Waals surface area contributed by atoms with Gasteiger partial charge in [-0.05, 0) is 25.7 Å². The highest BCUT2D eigenvalue weighted by atomic mass is 16.5. The minimum Gasteiger partial charge on any atom is -0.395 e. The molecular weight excluding hydrogens is 142 g/mol. The van der Waals surface area contributed by atoms with Gasteiger partial charge in [-0.3, -0.25) is 5.32 Å². The van der Waals surface area contributed by atoms with Gasteiger partial charge < -0.3 is 9.84 Å². The molecule has 1 saturated carbocycles. The van der Waals surface area contributed by atoms with Crippen LogP contribution in [0, 0.1) is 0 Å². The molecule has 1 unspecified atom stereocenters. The molecule has 1 aliphatic heterocycles. The summed E-state index contributed by atoms with van der Waals surface area (Å²) in [6.45, 7) is 0.855. The highest BCUT2D eigenvalue weighted by Gasteiger charge is 2.49. The van der Waals surface area contributed by atoms with Crippen LogP contribution < -0.4 is 5.32 Å². The molecule has 3 nitrogen and oxygen atoms in total. The Morgan fingerprint density at radius 3 is 2.82 bits per heavy atom. The molecule has 64 valence electrons. The smallest absolute Gasteiger partial charge is 0.109 e. The van der Waals surface area contributed by atoms with Crippen LogP contribution in [0.5, 0.6) is 0 Å². The SMILES string of the molecule is OCCNC1CCC2(CC2)O1. The van der Waals surface area contributed by atoms with E-state index in [1.807, 2.05) is 0 Å². The fourth-order valence-electron chi connectivity index (χ4n) is 1.69. The molecule has 0 aromatic heterocycles. The van der Waals surface area contributed by atoms with Crippen molar-refractivity contribution in [3.8, 4) is 0 Å². The Bertz CT molecular complexity index is 145. The van der Waals surface area contributed by atoms with Gasteiger partial charge in [0.25, 0.3) is 0 Å². The molecule has 0 radical (unpaired) electrons. The first-order valence-corrected chi connectivity index (χ1v) is 4.37. The van der Waals surface area contributed by atoms with Gasteiger partial charge in [0.2, 0.25) is 0 Å². The lowest BCUT2D eigenvalue weighted by atomic mass is 10.2. The van der Waals surface area contributed by atoms with Crippen LogP contribution in [0.25, 0.3) is 0 Å². The van der Waals surface area contributed by atoms with Gasteiger partial charge in [-0.15, -0.1) is 0 Å². The van der Waals surface area contributed by atoms with Crippen molar-refractivity contribution in [1.29, 1.82) is 0 Å². The van der Waals surface area contributed by atoms with Crippen LogP contribution >= 0.6 is 0 Å². The Morgan fingerprint density at radius 2 is 2.27 bits per heavy atom. The molecule has 0 aromatic rings. The maximum atomic E-state index is 8.55. The molecule has 0 aromatic carbocycles. The molecule has 1 aliphatic carbocycles. The van der Waals surface area contributed by atoms with E-state index >= 15 is 0 Å². The number of nitrogens with one attached hydrogen (secondary N) is 1. The molecule has 2 N–H and O–H groups in total. The Balaban J connectivity index is 1.72. The maximum absolute atomic E-state index is 8.55. The average Bonchev–Trinajstić information content (AvgIpc) is 2.61. The number of rotatable bonds is 3. The molecule has 3 heteroatoms. The van der Waals surface area contributed by atoms with Gasteiger partial charge in [-0.2, -0.15) is 0 Å². The zero-order chi connectivity index (χ0) is 7.73. The molecular formula is C8H15NO2. The monoisotopic (exact) mass is 157 g/mol. The Kier molecular flexibility index (Phi) is 1.87. The first kappa shape index (κ1) is 7.53. The zero-order valence-electron chi connectivity index (χ0n) is 6.68. The summed E-state index contributed by atoms with van der Waals surface area (Å²) < 4.78 is 5.74. The second kappa shape index (κ2) is 2.73. The molecule has 0 amide bonds. The van der Waals surface area contributed by atoms with Crippen molar-refractivity contribution < 1.29 is 9.84 Å². The van der Waals surface area contributed by atoms with E-state index in [9.17, 15) is 0 Å². The Morgan fingerprint density at radius 1 is 1.45 bits per heavy atom. The summed E-state index contributed by atoms with van der Waals surface area (Å²) in [6.07, 6.45) is 5.01. The highest BCUT2D eigenvalue weighted by molar-refractivity contribution is 5.00. The largest absolute Gasteiger partial charge is 0.395 e. The number of ether oxygens (including phenoxy) is 1. The van der Waals surface area contributed by atoms with Crippen molar-refractivity contribution >= 4 is 0 Å². The van der Waals surface area contributed by atoms with Gasteiger partial charge in [0.15, 0.2) is 0 Å². The van der Waals surface area contributed by atoms with Crippen LogP contribution in [0.15, 0.2) is 0 Å². The van der Waals surface area contributed by atoms with Crippen molar-refractivity contribution in [2.75, 3.05) is 13.2 Å². The van der Waals surface area contributed by atoms with Gasteiger partial charge in [0.05, 0.1) is 12.2 Å². The van der Waals surface area contributed by atoms with E-state index in [1.165, 1.54) is 19.3 Å². The predicted molar refractivity (Wildman–Crippen MR) is 41.2 cm³/mol. The van der Waals surface area contributed by atoms with E-state index in [2.05, 4.69) is 5.32 Å². The predicted octanol–water partition coefficient (Wildman–Crippen LogP) is 0.237. The molecule has 11 heavy (non-hydrogen) atoms. The topological polar surface area (TPSA) is 41.5 Å². The zero-order valence-corrected chi connectivity index (χ0v) is 6.68. The van der Waals surface area contributed by atoms with Crippen LogP contribution in [0.2, 0.25) is 0 Å². The first-order valence-electron chi connectivity index (χ1n) is 4.37. The maximum Gasteiger partial charge on any atom is 0.109 e. The van der Waals surface area contributed by atoms with E-state index in [-0.39, 0.29) is 18.4 Å². The third-order valence-electron chi connectivity index (χ3n) is 2.55. The summed E-state index contributed by atoms with van der Waals surface area (Å²) in [6, 6.07) is 0. The quantitative estimate of drug-likeness (QED) is 0.616.